The highest BCUT2D eigenvalue weighted by atomic mass is 16.6. The molecule has 1 N–H and O–H groups in total. The molecular weight excluding hydrogens is 292 g/mol. The molecule has 2 aliphatic rings. The van der Waals surface area contributed by atoms with Gasteiger partial charge >= 0.3 is 6.09 Å². The number of likely N-dealkylation sites (N-methyl/N-ethyl adjacent to an activating group) is 1. The number of rotatable bonds is 4. The van der Waals surface area contributed by atoms with Crippen LogP contribution in [-0.2, 0) is 4.74 Å². The second-order valence-electron chi connectivity index (χ2n) is 8.19. The van der Waals surface area contributed by atoms with E-state index in [0.717, 1.165) is 64.7 Å². The van der Waals surface area contributed by atoms with Crippen LogP contribution in [0.2, 0.25) is 0 Å². The van der Waals surface area contributed by atoms with Crippen LogP contribution in [-0.4, -0.2) is 64.4 Å². The molecule has 1 saturated carbocycles. The lowest BCUT2D eigenvalue weighted by molar-refractivity contribution is -0.0168. The van der Waals surface area contributed by atoms with E-state index >= 15 is 0 Å². The maximum Gasteiger partial charge on any atom is 0.410 e. The Balaban J connectivity index is 1.83. The summed E-state index contributed by atoms with van der Waals surface area (Å²) < 4.78 is 5.46. The van der Waals surface area contributed by atoms with Gasteiger partial charge in [0.1, 0.15) is 5.60 Å². The lowest BCUT2D eigenvalue weighted by Gasteiger charge is -2.41. The molecule has 2 fully saturated rings. The van der Waals surface area contributed by atoms with Crippen LogP contribution in [0.25, 0.3) is 0 Å². The van der Waals surface area contributed by atoms with E-state index in [2.05, 4.69) is 11.8 Å². The minimum Gasteiger partial charge on any atom is -0.444 e. The molecule has 1 aliphatic heterocycles. The van der Waals surface area contributed by atoms with Crippen LogP contribution in [0, 0.1) is 0 Å². The highest BCUT2D eigenvalue weighted by molar-refractivity contribution is 5.68. The zero-order valence-electron chi connectivity index (χ0n) is 15.3. The van der Waals surface area contributed by atoms with Crippen molar-refractivity contribution in [1.82, 2.24) is 9.80 Å². The van der Waals surface area contributed by atoms with E-state index in [1.54, 1.807) is 0 Å². The van der Waals surface area contributed by atoms with E-state index in [1.165, 1.54) is 0 Å². The summed E-state index contributed by atoms with van der Waals surface area (Å²) in [6.07, 6.45) is 5.87. The molecule has 1 heterocycles. The summed E-state index contributed by atoms with van der Waals surface area (Å²) in [7, 11) is 0. The lowest BCUT2D eigenvalue weighted by atomic mass is 9.97. The molecule has 0 spiro atoms. The van der Waals surface area contributed by atoms with Crippen molar-refractivity contribution >= 4 is 6.09 Å². The second-order valence-corrected chi connectivity index (χ2v) is 8.19. The Morgan fingerprint density at radius 3 is 2.30 bits per heavy atom. The molecule has 0 aromatic rings. The molecule has 1 aliphatic carbocycles. The lowest BCUT2D eigenvalue weighted by Crippen LogP contribution is -2.51. The van der Waals surface area contributed by atoms with Crippen molar-refractivity contribution in [2.75, 3.05) is 26.2 Å². The minimum atomic E-state index is -0.488. The first kappa shape index (κ1) is 18.5. The van der Waals surface area contributed by atoms with Crippen LogP contribution in [0.1, 0.15) is 66.2 Å². The Kier molecular flexibility index (Phi) is 5.95. The first-order chi connectivity index (χ1) is 10.7. The number of ether oxygens (including phenoxy) is 1. The van der Waals surface area contributed by atoms with Crippen LogP contribution >= 0.6 is 0 Å². The fraction of sp³-hybridized carbons (Fsp3) is 0.944. The van der Waals surface area contributed by atoms with Crippen LogP contribution in [0.3, 0.4) is 0 Å². The number of carbonyl (C=O) groups is 1. The summed E-state index contributed by atoms with van der Waals surface area (Å²) in [5, 5.41) is 10.7. The van der Waals surface area contributed by atoms with Crippen molar-refractivity contribution in [3.63, 3.8) is 0 Å². The summed E-state index contributed by atoms with van der Waals surface area (Å²) in [5.74, 6) is 0. The Morgan fingerprint density at radius 2 is 1.83 bits per heavy atom. The average Bonchev–Trinajstić information content (AvgIpc) is 2.90. The molecule has 5 heteroatoms. The third-order valence-corrected chi connectivity index (χ3v) is 5.07. The maximum atomic E-state index is 12.1. The highest BCUT2D eigenvalue weighted by Crippen LogP contribution is 2.31. The third-order valence-electron chi connectivity index (χ3n) is 5.07. The summed E-state index contributed by atoms with van der Waals surface area (Å²) in [5.41, 5.74) is -0.923. The van der Waals surface area contributed by atoms with Crippen molar-refractivity contribution in [2.24, 2.45) is 0 Å². The van der Waals surface area contributed by atoms with Crippen molar-refractivity contribution in [3.05, 3.63) is 0 Å². The zero-order chi connectivity index (χ0) is 17.1. The monoisotopic (exact) mass is 326 g/mol. The molecule has 5 nitrogen and oxygen atoms in total. The maximum absolute atomic E-state index is 12.1. The Labute approximate surface area is 141 Å². The van der Waals surface area contributed by atoms with Crippen LogP contribution < -0.4 is 0 Å². The van der Waals surface area contributed by atoms with Crippen molar-refractivity contribution in [1.29, 1.82) is 0 Å². The number of likely N-dealkylation sites (tertiary alicyclic amines) is 1. The fourth-order valence-corrected chi connectivity index (χ4v) is 3.81. The highest BCUT2D eigenvalue weighted by Gasteiger charge is 2.36. The molecule has 1 amide bonds. The van der Waals surface area contributed by atoms with Crippen LogP contribution in [0.5, 0.6) is 0 Å². The number of amides is 1. The van der Waals surface area contributed by atoms with Gasteiger partial charge in [-0.25, -0.2) is 4.79 Å². The van der Waals surface area contributed by atoms with Crippen LogP contribution in [0.4, 0.5) is 4.79 Å². The first-order valence-electron chi connectivity index (χ1n) is 9.17. The molecule has 0 aromatic heterocycles. The molecule has 1 saturated heterocycles. The van der Waals surface area contributed by atoms with Gasteiger partial charge < -0.3 is 14.7 Å². The quantitative estimate of drug-likeness (QED) is 0.863. The van der Waals surface area contributed by atoms with Crippen LogP contribution in [0.15, 0.2) is 0 Å². The van der Waals surface area contributed by atoms with Gasteiger partial charge in [-0.05, 0) is 53.0 Å². The molecule has 0 bridgehead atoms. The van der Waals surface area contributed by atoms with Gasteiger partial charge in [0.25, 0.3) is 0 Å². The SMILES string of the molecule is CCN(CC1(O)CCCC1)C1CCN(C(=O)OC(C)(C)C)CC1. The molecular formula is C18H34N2O3. The molecule has 0 unspecified atom stereocenters. The Hall–Kier alpha value is -0.810. The molecule has 0 radical (unpaired) electrons. The van der Waals surface area contributed by atoms with E-state index in [-0.39, 0.29) is 6.09 Å². The van der Waals surface area contributed by atoms with Crippen molar-refractivity contribution in [2.45, 2.75) is 83.5 Å². The topological polar surface area (TPSA) is 53.0 Å². The summed E-state index contributed by atoms with van der Waals surface area (Å²) in [6, 6.07) is 0.461. The smallest absolute Gasteiger partial charge is 0.410 e. The number of aliphatic hydroxyl groups is 1. The van der Waals surface area contributed by atoms with E-state index in [1.807, 2.05) is 25.7 Å². The predicted molar refractivity (Wildman–Crippen MR) is 91.5 cm³/mol. The molecule has 0 aromatic carbocycles. The van der Waals surface area contributed by atoms with Gasteiger partial charge in [0.15, 0.2) is 0 Å². The Bertz CT molecular complexity index is 392. The normalized spacial score (nSPS) is 22.6. The minimum absolute atomic E-state index is 0.201. The Morgan fingerprint density at radius 1 is 1.26 bits per heavy atom. The number of nitrogens with zero attached hydrogens (tertiary/aromatic N) is 2. The van der Waals surface area contributed by atoms with Crippen molar-refractivity contribution in [3.8, 4) is 0 Å². The summed E-state index contributed by atoms with van der Waals surface area (Å²) in [6.45, 7) is 11.1. The van der Waals surface area contributed by atoms with Gasteiger partial charge in [-0.15, -0.1) is 0 Å². The number of hydrogen-bond acceptors (Lipinski definition) is 4. The van der Waals surface area contributed by atoms with Crippen molar-refractivity contribution < 1.29 is 14.6 Å². The van der Waals surface area contributed by atoms with Gasteiger partial charge in [0.05, 0.1) is 5.60 Å². The standard InChI is InChI=1S/C18H34N2O3/c1-5-19(14-18(22)10-6-7-11-18)15-8-12-20(13-9-15)16(21)23-17(2,3)4/h15,22H,5-14H2,1-4H3. The molecule has 2 rings (SSSR count). The van der Waals surface area contributed by atoms with E-state index in [9.17, 15) is 9.90 Å². The summed E-state index contributed by atoms with van der Waals surface area (Å²) in [4.78, 5) is 16.4. The predicted octanol–water partition coefficient (Wildman–Crippen LogP) is 3.01. The second kappa shape index (κ2) is 7.39. The number of carbonyl (C=O) groups excluding carboxylic acids is 1. The third kappa shape index (κ3) is 5.35. The first-order valence-corrected chi connectivity index (χ1v) is 9.17. The number of hydrogen-bond donors (Lipinski definition) is 1. The molecule has 0 atom stereocenters. The van der Waals surface area contributed by atoms with Gasteiger partial charge in [0.2, 0.25) is 0 Å². The van der Waals surface area contributed by atoms with Gasteiger partial charge in [-0.2, -0.15) is 0 Å². The van der Waals surface area contributed by atoms with Gasteiger partial charge in [0, 0.05) is 25.7 Å². The summed E-state index contributed by atoms with van der Waals surface area (Å²) >= 11 is 0. The molecule has 134 valence electrons. The number of piperidine rings is 1. The van der Waals surface area contributed by atoms with E-state index in [0.29, 0.717) is 6.04 Å². The zero-order valence-corrected chi connectivity index (χ0v) is 15.3. The van der Waals surface area contributed by atoms with Gasteiger partial charge in [-0.3, -0.25) is 4.90 Å². The van der Waals surface area contributed by atoms with E-state index < -0.39 is 11.2 Å². The fourth-order valence-electron chi connectivity index (χ4n) is 3.81. The van der Waals surface area contributed by atoms with Gasteiger partial charge in [-0.1, -0.05) is 19.8 Å². The largest absolute Gasteiger partial charge is 0.444 e. The average molecular weight is 326 g/mol. The van der Waals surface area contributed by atoms with E-state index in [4.69, 9.17) is 4.74 Å². The molecule has 23 heavy (non-hydrogen) atoms.